The summed E-state index contributed by atoms with van der Waals surface area (Å²) in [6, 6.07) is 7.13. The molecule has 1 N–H and O–H groups in total. The second-order valence-electron chi connectivity index (χ2n) is 4.38. The molecular weight excluding hydrogens is 749 g/mol. The highest BCUT2D eigenvalue weighted by atomic mass is 127. The molecule has 0 aromatic heterocycles. The minimum Gasteiger partial charge on any atom is -0.493 e. The van der Waals surface area contributed by atoms with Crippen molar-refractivity contribution < 1.29 is 28.9 Å². The fourth-order valence-corrected chi connectivity index (χ4v) is 4.55. The molecule has 0 saturated heterocycles. The van der Waals surface area contributed by atoms with Crippen molar-refractivity contribution >= 4 is 96.1 Å². The van der Waals surface area contributed by atoms with Crippen LogP contribution in [0.15, 0.2) is 28.7 Å². The first-order valence-electron chi connectivity index (χ1n) is 6.65. The van der Waals surface area contributed by atoms with Crippen molar-refractivity contribution in [1.29, 1.82) is 0 Å². The summed E-state index contributed by atoms with van der Waals surface area (Å²) in [5.41, 5.74) is 0.531. The van der Waals surface area contributed by atoms with Crippen molar-refractivity contribution in [3.63, 3.8) is 0 Å². The Labute approximate surface area is 199 Å². The van der Waals surface area contributed by atoms with Crippen LogP contribution in [0.5, 0.6) is 17.2 Å². The Morgan fingerprint density at radius 1 is 1.04 bits per heavy atom. The number of methoxy groups -OCH3 is 2. The average molecular weight is 761 g/mol. The van der Waals surface area contributed by atoms with E-state index in [9.17, 15) is 4.79 Å². The summed E-state index contributed by atoms with van der Waals surface area (Å²) in [6.45, 7) is -0.250. The van der Waals surface area contributed by atoms with Crippen molar-refractivity contribution in [3.8, 4) is 17.2 Å². The molecule has 0 amide bonds. The second kappa shape index (κ2) is 11.5. The predicted octanol–water partition coefficient (Wildman–Crippen LogP) is 5.20. The molecule has 140 valence electrons. The van der Waals surface area contributed by atoms with Gasteiger partial charge in [-0.25, -0.2) is 4.79 Å². The SMILES string of the molecule is COc1cc(Br)c(OC(=O)c2cc(I)cc(I)c2I)cc1OC.O=CO. The number of esters is 1. The molecule has 0 spiro atoms. The first kappa shape index (κ1) is 23.7. The molecule has 0 fully saturated rings. The van der Waals surface area contributed by atoms with Gasteiger partial charge in [0, 0.05) is 22.8 Å². The van der Waals surface area contributed by atoms with E-state index in [4.69, 9.17) is 24.1 Å². The van der Waals surface area contributed by atoms with Crippen LogP contribution in [-0.2, 0) is 4.79 Å². The van der Waals surface area contributed by atoms with E-state index in [1.807, 2.05) is 12.1 Å². The lowest BCUT2D eigenvalue weighted by atomic mass is 10.2. The van der Waals surface area contributed by atoms with Gasteiger partial charge in [0.1, 0.15) is 5.75 Å². The Morgan fingerprint density at radius 2 is 1.58 bits per heavy atom. The van der Waals surface area contributed by atoms with Crippen molar-refractivity contribution in [2.75, 3.05) is 14.2 Å². The Morgan fingerprint density at radius 3 is 2.12 bits per heavy atom. The van der Waals surface area contributed by atoms with Crippen LogP contribution in [0.2, 0.25) is 0 Å². The largest absolute Gasteiger partial charge is 0.493 e. The highest BCUT2D eigenvalue weighted by Gasteiger charge is 2.19. The maximum Gasteiger partial charge on any atom is 0.344 e. The molecular formula is C16H12BrI3O6. The van der Waals surface area contributed by atoms with Crippen LogP contribution in [0, 0.1) is 10.7 Å². The number of carbonyl (C=O) groups is 2. The van der Waals surface area contributed by atoms with E-state index in [1.165, 1.54) is 7.11 Å². The van der Waals surface area contributed by atoms with Gasteiger partial charge in [0.2, 0.25) is 0 Å². The zero-order chi connectivity index (χ0) is 19.9. The van der Waals surface area contributed by atoms with E-state index >= 15 is 0 Å². The molecule has 0 heterocycles. The van der Waals surface area contributed by atoms with Gasteiger partial charge in [-0.3, -0.25) is 4.79 Å². The van der Waals surface area contributed by atoms with Crippen molar-refractivity contribution in [1.82, 2.24) is 0 Å². The molecule has 0 aliphatic heterocycles. The van der Waals surface area contributed by atoms with Crippen LogP contribution >= 0.6 is 83.7 Å². The number of hydrogen-bond acceptors (Lipinski definition) is 5. The lowest BCUT2D eigenvalue weighted by Gasteiger charge is -2.13. The molecule has 0 unspecified atom stereocenters. The molecule has 0 atom stereocenters. The molecule has 26 heavy (non-hydrogen) atoms. The first-order chi connectivity index (χ1) is 12.3. The first-order valence-corrected chi connectivity index (χ1v) is 10.7. The number of halogens is 4. The van der Waals surface area contributed by atoms with E-state index in [0.717, 1.165) is 10.7 Å². The monoisotopic (exact) mass is 760 g/mol. The van der Waals surface area contributed by atoms with Gasteiger partial charge < -0.3 is 19.3 Å². The molecule has 6 nitrogen and oxygen atoms in total. The van der Waals surface area contributed by atoms with Gasteiger partial charge in [0.25, 0.3) is 6.47 Å². The normalized spacial score (nSPS) is 9.62. The van der Waals surface area contributed by atoms with Crippen LogP contribution < -0.4 is 14.2 Å². The molecule has 0 aliphatic carbocycles. The Balaban J connectivity index is 0.00000105. The van der Waals surface area contributed by atoms with Crippen LogP contribution in [0.3, 0.4) is 0 Å². The Bertz CT molecular complexity index is 813. The molecule has 0 saturated carbocycles. The van der Waals surface area contributed by atoms with Gasteiger partial charge in [-0.05, 0) is 95.8 Å². The van der Waals surface area contributed by atoms with Crippen molar-refractivity contribution in [2.24, 2.45) is 0 Å². The topological polar surface area (TPSA) is 82.1 Å². The smallest absolute Gasteiger partial charge is 0.344 e. The average Bonchev–Trinajstić information content (AvgIpc) is 2.59. The standard InChI is InChI=1S/C15H10BrI3O4.CH2O2/c1-21-12-5-9(16)11(6-13(12)22-2)23-15(20)8-3-7(17)4-10(18)14(8)19;2-1-3/h3-6H,1-2H3;1H,(H,2,3). The number of carboxylic acid groups (broad SMARTS) is 1. The summed E-state index contributed by atoms with van der Waals surface area (Å²) in [5, 5.41) is 6.89. The second-order valence-corrected chi connectivity index (χ2v) is 8.72. The van der Waals surface area contributed by atoms with Gasteiger partial charge in [-0.2, -0.15) is 0 Å². The Hall–Kier alpha value is -0.350. The molecule has 2 rings (SSSR count). The van der Waals surface area contributed by atoms with Crippen LogP contribution in [0.4, 0.5) is 0 Å². The summed E-state index contributed by atoms with van der Waals surface area (Å²) >= 11 is 9.91. The fourth-order valence-electron chi connectivity index (χ4n) is 1.77. The highest BCUT2D eigenvalue weighted by molar-refractivity contribution is 14.1. The van der Waals surface area contributed by atoms with E-state index in [1.54, 1.807) is 19.2 Å². The van der Waals surface area contributed by atoms with Gasteiger partial charge in [-0.1, -0.05) is 0 Å². The number of benzene rings is 2. The molecule has 2 aromatic rings. The molecule has 0 aliphatic rings. The van der Waals surface area contributed by atoms with Gasteiger partial charge in [-0.15, -0.1) is 0 Å². The summed E-state index contributed by atoms with van der Waals surface area (Å²) < 4.78 is 19.4. The molecule has 10 heteroatoms. The lowest BCUT2D eigenvalue weighted by molar-refractivity contribution is -0.122. The molecule has 0 bridgehead atoms. The lowest BCUT2D eigenvalue weighted by Crippen LogP contribution is -2.12. The maximum atomic E-state index is 12.5. The Kier molecular flexibility index (Phi) is 10.5. The third kappa shape index (κ3) is 6.37. The molecule has 0 radical (unpaired) electrons. The number of hydrogen-bond donors (Lipinski definition) is 1. The number of carbonyl (C=O) groups excluding carboxylic acids is 1. The minimum absolute atomic E-state index is 0.250. The molecule has 2 aromatic carbocycles. The maximum absolute atomic E-state index is 12.5. The van der Waals surface area contributed by atoms with Crippen molar-refractivity contribution in [2.45, 2.75) is 0 Å². The third-order valence-corrected chi connectivity index (χ3v) is 7.14. The summed E-state index contributed by atoms with van der Waals surface area (Å²) in [5.74, 6) is 0.999. The zero-order valence-corrected chi connectivity index (χ0v) is 21.4. The quantitative estimate of drug-likeness (QED) is 0.152. The van der Waals surface area contributed by atoms with Crippen molar-refractivity contribution in [3.05, 3.63) is 45.0 Å². The van der Waals surface area contributed by atoms with E-state index < -0.39 is 5.97 Å². The zero-order valence-electron chi connectivity index (χ0n) is 13.4. The van der Waals surface area contributed by atoms with E-state index in [2.05, 4.69) is 83.7 Å². The summed E-state index contributed by atoms with van der Waals surface area (Å²) in [6.07, 6.45) is 0. The predicted molar refractivity (Wildman–Crippen MR) is 125 cm³/mol. The van der Waals surface area contributed by atoms with Crippen LogP contribution in [-0.4, -0.2) is 31.8 Å². The van der Waals surface area contributed by atoms with E-state index in [-0.39, 0.29) is 6.47 Å². The highest BCUT2D eigenvalue weighted by Crippen LogP contribution is 2.38. The fraction of sp³-hybridized carbons (Fsp3) is 0.125. The van der Waals surface area contributed by atoms with Crippen LogP contribution in [0.1, 0.15) is 10.4 Å². The van der Waals surface area contributed by atoms with E-state index in [0.29, 0.717) is 27.3 Å². The summed E-state index contributed by atoms with van der Waals surface area (Å²) in [4.78, 5) is 20.9. The number of rotatable bonds is 4. The van der Waals surface area contributed by atoms with Gasteiger partial charge in [0.05, 0.1) is 24.3 Å². The third-order valence-electron chi connectivity index (χ3n) is 2.85. The van der Waals surface area contributed by atoms with Gasteiger partial charge in [0.15, 0.2) is 11.5 Å². The minimum atomic E-state index is -0.418. The van der Waals surface area contributed by atoms with Crippen LogP contribution in [0.25, 0.3) is 0 Å². The number of ether oxygens (including phenoxy) is 3. The van der Waals surface area contributed by atoms with Gasteiger partial charge >= 0.3 is 5.97 Å². The summed E-state index contributed by atoms with van der Waals surface area (Å²) in [7, 11) is 3.08.